The highest BCUT2D eigenvalue weighted by Gasteiger charge is 2.47. The van der Waals surface area contributed by atoms with Gasteiger partial charge < -0.3 is 69.3 Å². The van der Waals surface area contributed by atoms with Crippen LogP contribution in [0.3, 0.4) is 0 Å². The molecule has 3 aliphatic heterocycles. The van der Waals surface area contributed by atoms with Crippen molar-refractivity contribution in [1.29, 1.82) is 0 Å². The van der Waals surface area contributed by atoms with Crippen molar-refractivity contribution in [2.24, 2.45) is 0 Å². The second kappa shape index (κ2) is 35.0. The fraction of sp³-hybridized carbons (Fsp3) is 0.400. The van der Waals surface area contributed by atoms with E-state index in [1.165, 1.54) is 30.6 Å². The van der Waals surface area contributed by atoms with Crippen molar-refractivity contribution in [3.63, 3.8) is 0 Å². The zero-order chi connectivity index (χ0) is 73.5. The minimum atomic E-state index is -5.33. The highest BCUT2D eigenvalue weighted by atomic mass is 32.1. The van der Waals surface area contributed by atoms with E-state index in [9.17, 15) is 67.2 Å². The second-order valence-electron chi connectivity index (χ2n) is 24.3. The smallest absolute Gasteiger partial charge is 0.390 e. The summed E-state index contributed by atoms with van der Waals surface area (Å²) in [6.45, 7) is -0.776. The number of aliphatic hydroxyl groups excluding tert-OH is 1. The number of aromatic amines is 2. The summed E-state index contributed by atoms with van der Waals surface area (Å²) in [5, 5.41) is 20.0. The third kappa shape index (κ3) is 20.3. The van der Waals surface area contributed by atoms with Crippen molar-refractivity contribution in [1.82, 2.24) is 59.4 Å². The van der Waals surface area contributed by atoms with Crippen LogP contribution in [0.2, 0.25) is 0 Å². The zero-order valence-electron chi connectivity index (χ0n) is 55.4. The zero-order valence-corrected chi connectivity index (χ0v) is 58.1. The van der Waals surface area contributed by atoms with Crippen LogP contribution in [0.4, 0.5) is 5.82 Å². The van der Waals surface area contributed by atoms with E-state index < -0.39 is 138 Å². The van der Waals surface area contributed by atoms with E-state index in [0.29, 0.717) is 66.5 Å². The predicted molar refractivity (Wildman–Crippen MR) is 369 cm³/mol. The highest BCUT2D eigenvalue weighted by Crippen LogP contribution is 2.52. The van der Waals surface area contributed by atoms with Gasteiger partial charge in [0.05, 0.1) is 50.0 Å². The fourth-order valence-electron chi connectivity index (χ4n) is 11.5. The topological polar surface area (TPSA) is 463 Å². The van der Waals surface area contributed by atoms with Crippen LogP contribution >= 0.6 is 28.6 Å². The first kappa shape index (κ1) is 76.7. The van der Waals surface area contributed by atoms with Crippen LogP contribution < -0.4 is 44.2 Å². The number of thiol groups is 1. The number of nitrogens with zero attached hydrogens (tertiary/aromatic N) is 7. The number of hydrogen-bond acceptors (Lipinski definition) is 26. The van der Waals surface area contributed by atoms with Gasteiger partial charge in [-0.25, -0.2) is 28.7 Å². The first-order valence-electron chi connectivity index (χ1n) is 32.2. The van der Waals surface area contributed by atoms with Crippen LogP contribution in [0.1, 0.15) is 82.6 Å². The molecule has 0 saturated carbocycles. The molecular weight excluding hydrogens is 1410 g/mol. The second-order valence-corrected chi connectivity index (χ2v) is 27.4. The minimum absolute atomic E-state index is 0.0696. The fourth-order valence-corrected chi connectivity index (χ4v) is 13.6. The largest absolute Gasteiger partial charge is 0.472 e. The molecule has 3 aromatic carbocycles. The monoisotopic (exact) mass is 1480 g/mol. The summed E-state index contributed by atoms with van der Waals surface area (Å²) in [7, 11) is -6.89. The molecule has 0 radical (unpaired) electrons. The number of fused-ring (bicyclic) bond motifs is 1. The summed E-state index contributed by atoms with van der Waals surface area (Å²) >= 11 is 3.81. The van der Waals surface area contributed by atoms with Gasteiger partial charge in [0, 0.05) is 100 Å². The van der Waals surface area contributed by atoms with E-state index in [-0.39, 0.29) is 72.8 Å². The Labute approximate surface area is 591 Å². The Hall–Kier alpha value is -8.96. The highest BCUT2D eigenvalue weighted by molar-refractivity contribution is 7.75. The van der Waals surface area contributed by atoms with Crippen molar-refractivity contribution < 1.29 is 84.5 Å². The number of benzene rings is 3. The summed E-state index contributed by atoms with van der Waals surface area (Å²) in [5.74, 6) is 4.06. The van der Waals surface area contributed by atoms with Crippen LogP contribution in [-0.4, -0.2) is 198 Å². The van der Waals surface area contributed by atoms with Crippen LogP contribution in [0, 0.1) is 11.8 Å². The molecule has 0 bridgehead atoms. The number of likely N-dealkylation sites (N-methyl/N-ethyl adjacent to an activating group) is 1. The third-order valence-corrected chi connectivity index (χ3v) is 19.0. The number of nitrogens with one attached hydrogen (secondary N) is 5. The van der Waals surface area contributed by atoms with Gasteiger partial charge in [0.15, 0.2) is 0 Å². The van der Waals surface area contributed by atoms with Crippen LogP contribution in [-0.2, 0) is 66.5 Å². The number of rotatable bonds is 33. The molecule has 0 spiro atoms. The van der Waals surface area contributed by atoms with Crippen LogP contribution in [0.5, 0.6) is 0 Å². The average Bonchev–Trinajstić information content (AvgIpc) is 1.60. The van der Waals surface area contributed by atoms with Gasteiger partial charge in [-0.1, -0.05) is 90.7 Å². The lowest BCUT2D eigenvalue weighted by Gasteiger charge is -2.24. The maximum Gasteiger partial charge on any atom is 0.472 e. The molecule has 35 nitrogen and oxygen atoms in total. The number of aliphatic hydroxyl groups is 1. The first-order valence-corrected chi connectivity index (χ1v) is 35.6. The van der Waals surface area contributed by atoms with Crippen molar-refractivity contribution in [3.05, 3.63) is 168 Å². The number of nitrogens with two attached hydrogens (primary N) is 1. The van der Waals surface area contributed by atoms with Crippen molar-refractivity contribution in [2.45, 2.75) is 94.0 Å². The molecule has 10 N–H and O–H groups in total. The molecule has 7 aromatic rings. The molecule has 7 heterocycles. The van der Waals surface area contributed by atoms with Gasteiger partial charge in [-0.2, -0.15) is 0 Å². The summed E-state index contributed by atoms with van der Waals surface area (Å²) in [6, 6.07) is 22.1. The van der Waals surface area contributed by atoms with Gasteiger partial charge in [0.2, 0.25) is 17.7 Å². The number of anilines is 1. The maximum atomic E-state index is 14.0. The summed E-state index contributed by atoms with van der Waals surface area (Å²) in [5.41, 5.74) is 5.82. The Morgan fingerprint density at radius 3 is 1.90 bits per heavy atom. The lowest BCUT2D eigenvalue weighted by atomic mass is 10.0. The van der Waals surface area contributed by atoms with E-state index in [1.54, 1.807) is 39.9 Å². The number of carbonyl (C=O) groups is 5. The quantitative estimate of drug-likeness (QED) is 0.00699. The normalized spacial score (nSPS) is 21.3. The number of H-pyrrole nitrogens is 2. The molecule has 2 unspecified atom stereocenters. The Bertz CT molecular complexity index is 4610. The molecule has 3 saturated heterocycles. The number of amides is 3. The number of phosphoric acid groups is 2. The standard InChI is InChI=1S/C65H75N13O22P2S/c1-74(2)23-24-75(55(84)18-21-67-28-39-7-4-3-5-8-39)22-19-53(82)69-29-54(83)68-20-6-9-44-30-77(64(87)72-62(44)85)57-27-49(52(98-57)37-95-103)100-102(91,92)94-36-51-48(26-58(97-51)78-32-46(63(86)73-65(78)88)43-16-12-41(34-80)13-17-43)99-101(89,90)93-35-50-47(81)25-56(96-50)76-31-45(42-14-10-40(33-79)11-15-42)59-60(66)70-38-71-61(59)76/h3-5,7-8,10-17,30-34,38,47-52,56-58,67,81,103H,18-29,35-37H2,1-2H3,(H,68,83)(H,69,82)(H,89,90)(H,91,92)(H2,66,70,71)(H,72,85,87)(H,73,86,88)/t47-,48-,49-,50+,51+,52+,56+,57+,58+/m0/s1. The molecule has 38 heteroatoms. The van der Waals surface area contributed by atoms with Crippen molar-refractivity contribution >= 4 is 75.7 Å². The van der Waals surface area contributed by atoms with Crippen LogP contribution in [0.25, 0.3) is 33.3 Å². The number of phosphoric ester groups is 2. The van der Waals surface area contributed by atoms with Gasteiger partial charge in [-0.3, -0.25) is 70.8 Å². The van der Waals surface area contributed by atoms with Gasteiger partial charge in [-0.05, 0) is 43.7 Å². The molecule has 548 valence electrons. The van der Waals surface area contributed by atoms with E-state index in [2.05, 4.69) is 60.6 Å². The molecule has 4 aromatic heterocycles. The number of aldehydes is 2. The number of aromatic nitrogens is 7. The molecular formula is C65H75N13O22P2S. The molecule has 3 fully saturated rings. The summed E-state index contributed by atoms with van der Waals surface area (Å²) < 4.78 is 76.9. The first-order chi connectivity index (χ1) is 49.4. The number of nitrogen functional groups attached to an aromatic ring is 1. The van der Waals surface area contributed by atoms with Gasteiger partial charge in [-0.15, -0.1) is 0 Å². The molecule has 3 amide bonds. The van der Waals surface area contributed by atoms with E-state index in [1.807, 2.05) is 49.3 Å². The molecule has 10 rings (SSSR count). The molecule has 3 aliphatic rings. The number of hydrogen-bond donors (Lipinski definition) is 10. The van der Waals surface area contributed by atoms with Crippen molar-refractivity contribution in [2.75, 3.05) is 78.9 Å². The van der Waals surface area contributed by atoms with Gasteiger partial charge >= 0.3 is 27.0 Å². The summed E-state index contributed by atoms with van der Waals surface area (Å²) in [6.07, 6.45) is -6.69. The van der Waals surface area contributed by atoms with Crippen molar-refractivity contribution in [3.8, 4) is 34.1 Å². The number of carbonyl (C=O) groups excluding carboxylic acids is 5. The summed E-state index contributed by atoms with van der Waals surface area (Å²) in [4.78, 5) is 154. The molecule has 103 heavy (non-hydrogen) atoms. The molecule has 0 aliphatic carbocycles. The van der Waals surface area contributed by atoms with E-state index >= 15 is 0 Å². The lowest BCUT2D eigenvalue weighted by molar-refractivity contribution is -0.132. The van der Waals surface area contributed by atoms with Crippen LogP contribution in [0.15, 0.2) is 123 Å². The molecule has 11 atom stereocenters. The van der Waals surface area contributed by atoms with E-state index in [4.69, 9.17) is 42.2 Å². The van der Waals surface area contributed by atoms with Gasteiger partial charge in [0.1, 0.15) is 85.1 Å². The third-order valence-electron chi connectivity index (χ3n) is 16.9. The lowest BCUT2D eigenvalue weighted by Crippen LogP contribution is -2.41. The number of ether oxygens (including phenoxy) is 3. The minimum Gasteiger partial charge on any atom is -0.390 e. The Morgan fingerprint density at radius 2 is 1.28 bits per heavy atom. The Kier molecular flexibility index (Phi) is 26.1. The predicted octanol–water partition coefficient (Wildman–Crippen LogP) is 1.71. The Morgan fingerprint density at radius 1 is 0.709 bits per heavy atom. The maximum absolute atomic E-state index is 14.0. The van der Waals surface area contributed by atoms with E-state index in [0.717, 1.165) is 27.1 Å². The Balaban J connectivity index is 0.764. The average molecular weight is 1480 g/mol. The van der Waals surface area contributed by atoms with Gasteiger partial charge in [0.25, 0.3) is 11.1 Å². The SMILES string of the molecule is CN(C)CCN(CCC(=O)NCC(=O)NCC#Cc1cn([C@H]2C[C@H](OP(=O)(O)OC[C@H]3O[C@@H](n4cc(-c5ccc(C=O)cc5)c(=O)[nH]c4=O)C[C@@H]3OP(=O)(O)OC[C@H]3O[C@@H](n4cc(-c5ccc(C=O)cc5)c5c(N)ncnc54)C[C@@H]3O)[C@@H](COS)O2)c(=O)[nH]c1=O)C(=O)CCNCc1ccccc1.